The number of hydrogen-bond donors (Lipinski definition) is 1. The fourth-order valence-electron chi connectivity index (χ4n) is 3.00. The lowest BCUT2D eigenvalue weighted by Gasteiger charge is -2.35. The van der Waals surface area contributed by atoms with Gasteiger partial charge in [0.1, 0.15) is 5.82 Å². The Balaban J connectivity index is 0.00000182. The molecule has 27 heavy (non-hydrogen) atoms. The number of aromatic nitrogens is 2. The number of rotatable bonds is 6. The van der Waals surface area contributed by atoms with Crippen LogP contribution in [0.2, 0.25) is 0 Å². The van der Waals surface area contributed by atoms with Crippen molar-refractivity contribution >= 4 is 36.7 Å². The molecule has 1 aromatic carbocycles. The first-order valence-corrected chi connectivity index (χ1v) is 8.65. The number of anilines is 1. The predicted octanol–water partition coefficient (Wildman–Crippen LogP) is 2.32. The molecule has 1 fully saturated rings. The highest BCUT2D eigenvalue weighted by Gasteiger charge is 2.21. The summed E-state index contributed by atoms with van der Waals surface area (Å²) in [6, 6.07) is 6.18. The molecule has 1 aromatic heterocycles. The van der Waals surface area contributed by atoms with Gasteiger partial charge in [-0.05, 0) is 24.6 Å². The Hall–Kier alpha value is -1.83. The van der Waals surface area contributed by atoms with Crippen LogP contribution in [0.1, 0.15) is 12.5 Å². The summed E-state index contributed by atoms with van der Waals surface area (Å²) < 4.78 is 15.0. The highest BCUT2D eigenvalue weighted by molar-refractivity contribution is 5.85. The van der Waals surface area contributed by atoms with Crippen molar-refractivity contribution in [1.82, 2.24) is 19.8 Å². The molecule has 0 radical (unpaired) electrons. The minimum atomic E-state index is -0.267. The third-order valence-electron chi connectivity index (χ3n) is 4.46. The van der Waals surface area contributed by atoms with Gasteiger partial charge in [-0.2, -0.15) is 0 Å². The molecule has 1 aliphatic heterocycles. The van der Waals surface area contributed by atoms with Gasteiger partial charge in [-0.15, -0.1) is 24.8 Å². The quantitative estimate of drug-likeness (QED) is 0.783. The van der Waals surface area contributed by atoms with E-state index in [9.17, 15) is 9.18 Å². The van der Waals surface area contributed by atoms with E-state index in [2.05, 4.69) is 31.6 Å². The zero-order valence-electron chi connectivity index (χ0n) is 15.3. The Morgan fingerprint density at radius 1 is 1.15 bits per heavy atom. The molecule has 0 bridgehead atoms. The van der Waals surface area contributed by atoms with E-state index in [1.807, 2.05) is 12.4 Å². The smallest absolute Gasteiger partial charge is 0.234 e. The third-order valence-corrected chi connectivity index (χ3v) is 4.46. The molecule has 150 valence electrons. The van der Waals surface area contributed by atoms with Gasteiger partial charge in [0.25, 0.3) is 0 Å². The van der Waals surface area contributed by atoms with Gasteiger partial charge in [-0.3, -0.25) is 9.69 Å². The maximum absolute atomic E-state index is 12.9. The van der Waals surface area contributed by atoms with Crippen LogP contribution in [0.4, 0.5) is 10.3 Å². The second kappa shape index (κ2) is 11.1. The second-order valence-electron chi connectivity index (χ2n) is 6.18. The molecule has 3 rings (SSSR count). The number of imidazole rings is 1. The number of aryl methyl sites for hydroxylation is 1. The molecule has 0 atom stereocenters. The van der Waals surface area contributed by atoms with Crippen LogP contribution < -0.4 is 10.2 Å². The zero-order valence-corrected chi connectivity index (χ0v) is 16.9. The van der Waals surface area contributed by atoms with Crippen LogP contribution in [-0.4, -0.2) is 53.1 Å². The van der Waals surface area contributed by atoms with E-state index in [-0.39, 0.29) is 36.5 Å². The molecule has 0 aliphatic carbocycles. The number of nitrogens with zero attached hydrogens (tertiary/aromatic N) is 4. The van der Waals surface area contributed by atoms with Crippen LogP contribution in [0, 0.1) is 5.82 Å². The molecule has 1 amide bonds. The summed E-state index contributed by atoms with van der Waals surface area (Å²) in [5.74, 6) is 0.729. The van der Waals surface area contributed by atoms with E-state index in [0.29, 0.717) is 13.1 Å². The van der Waals surface area contributed by atoms with Gasteiger partial charge >= 0.3 is 0 Å². The van der Waals surface area contributed by atoms with Crippen LogP contribution in [0.25, 0.3) is 0 Å². The van der Waals surface area contributed by atoms with E-state index < -0.39 is 0 Å². The Kier molecular flexibility index (Phi) is 9.55. The lowest BCUT2D eigenvalue weighted by atomic mass is 10.2. The molecule has 0 unspecified atom stereocenters. The first kappa shape index (κ1) is 23.2. The molecule has 0 spiro atoms. The molecular formula is C18H26Cl2FN5O. The Morgan fingerprint density at radius 2 is 1.81 bits per heavy atom. The van der Waals surface area contributed by atoms with Gasteiger partial charge in [0.05, 0.1) is 6.54 Å². The van der Waals surface area contributed by atoms with Crippen LogP contribution in [-0.2, 0) is 17.9 Å². The van der Waals surface area contributed by atoms with Gasteiger partial charge in [0.15, 0.2) is 0 Å². The van der Waals surface area contributed by atoms with Crippen LogP contribution in [0.3, 0.4) is 0 Å². The SMILES string of the molecule is CCn1ccnc1N1CCN(CC(=O)NCc2ccc(F)cc2)CC1.Cl.Cl. The first-order chi connectivity index (χ1) is 12.2. The van der Waals surface area contributed by atoms with Gasteiger partial charge in [-0.25, -0.2) is 9.37 Å². The average Bonchev–Trinajstić information content (AvgIpc) is 3.11. The number of halogens is 3. The summed E-state index contributed by atoms with van der Waals surface area (Å²) >= 11 is 0. The summed E-state index contributed by atoms with van der Waals surface area (Å²) in [4.78, 5) is 20.9. The van der Waals surface area contributed by atoms with Crippen molar-refractivity contribution < 1.29 is 9.18 Å². The van der Waals surface area contributed by atoms with Crippen molar-refractivity contribution in [2.45, 2.75) is 20.0 Å². The normalized spacial score (nSPS) is 14.2. The van der Waals surface area contributed by atoms with Gasteiger partial charge in [0, 0.05) is 51.7 Å². The van der Waals surface area contributed by atoms with Crippen molar-refractivity contribution in [1.29, 1.82) is 0 Å². The van der Waals surface area contributed by atoms with Gasteiger partial charge in [0.2, 0.25) is 11.9 Å². The Labute approximate surface area is 171 Å². The third kappa shape index (κ3) is 6.37. The maximum atomic E-state index is 12.9. The van der Waals surface area contributed by atoms with Crippen molar-refractivity contribution in [3.63, 3.8) is 0 Å². The fourth-order valence-corrected chi connectivity index (χ4v) is 3.00. The minimum absolute atomic E-state index is 0. The largest absolute Gasteiger partial charge is 0.351 e. The molecular weight excluding hydrogens is 392 g/mol. The Morgan fingerprint density at radius 3 is 2.44 bits per heavy atom. The summed E-state index contributed by atoms with van der Waals surface area (Å²) in [7, 11) is 0. The molecule has 6 nitrogen and oxygen atoms in total. The van der Waals surface area contributed by atoms with Crippen molar-refractivity contribution in [3.05, 3.63) is 48.0 Å². The molecule has 2 aromatic rings. The summed E-state index contributed by atoms with van der Waals surface area (Å²) in [6.07, 6.45) is 3.82. The minimum Gasteiger partial charge on any atom is -0.351 e. The molecule has 1 aliphatic rings. The standard InChI is InChI=1S/C18H24FN5O.2ClH/c1-2-23-8-7-20-18(23)24-11-9-22(10-12-24)14-17(25)21-13-15-3-5-16(19)6-4-15;;/h3-8H,2,9-14H2,1H3,(H,21,25);2*1H. The van der Waals surface area contributed by atoms with Crippen molar-refractivity contribution in [2.24, 2.45) is 0 Å². The number of amides is 1. The predicted molar refractivity (Wildman–Crippen MR) is 109 cm³/mol. The number of carbonyl (C=O) groups excluding carboxylic acids is 1. The van der Waals surface area contributed by atoms with Gasteiger partial charge in [-0.1, -0.05) is 12.1 Å². The van der Waals surface area contributed by atoms with E-state index in [1.54, 1.807) is 12.1 Å². The van der Waals surface area contributed by atoms with E-state index in [0.717, 1.165) is 44.2 Å². The second-order valence-corrected chi connectivity index (χ2v) is 6.18. The topological polar surface area (TPSA) is 53.4 Å². The van der Waals surface area contributed by atoms with Crippen LogP contribution in [0.15, 0.2) is 36.7 Å². The lowest BCUT2D eigenvalue weighted by molar-refractivity contribution is -0.122. The maximum Gasteiger partial charge on any atom is 0.234 e. The van der Waals surface area contributed by atoms with E-state index in [1.165, 1.54) is 12.1 Å². The summed E-state index contributed by atoms with van der Waals surface area (Å²) in [5.41, 5.74) is 0.894. The fraction of sp³-hybridized carbons (Fsp3) is 0.444. The lowest BCUT2D eigenvalue weighted by Crippen LogP contribution is -2.50. The monoisotopic (exact) mass is 417 g/mol. The molecule has 2 heterocycles. The molecule has 9 heteroatoms. The highest BCUT2D eigenvalue weighted by atomic mass is 35.5. The van der Waals surface area contributed by atoms with Crippen molar-refractivity contribution in [2.75, 3.05) is 37.6 Å². The number of piperazine rings is 1. The molecule has 1 N–H and O–H groups in total. The molecule has 1 saturated heterocycles. The average molecular weight is 418 g/mol. The zero-order chi connectivity index (χ0) is 17.6. The number of benzene rings is 1. The number of carbonyl (C=O) groups is 1. The number of hydrogen-bond acceptors (Lipinski definition) is 4. The molecule has 0 saturated carbocycles. The van der Waals surface area contributed by atoms with E-state index in [4.69, 9.17) is 0 Å². The van der Waals surface area contributed by atoms with Crippen LogP contribution >= 0.6 is 24.8 Å². The summed E-state index contributed by atoms with van der Waals surface area (Å²) in [5, 5.41) is 2.89. The number of nitrogens with one attached hydrogen (secondary N) is 1. The van der Waals surface area contributed by atoms with Gasteiger partial charge < -0.3 is 14.8 Å². The first-order valence-electron chi connectivity index (χ1n) is 8.65. The summed E-state index contributed by atoms with van der Waals surface area (Å²) in [6.45, 7) is 7.21. The van der Waals surface area contributed by atoms with Crippen LogP contribution in [0.5, 0.6) is 0 Å². The van der Waals surface area contributed by atoms with E-state index >= 15 is 0 Å². The van der Waals surface area contributed by atoms with Crippen molar-refractivity contribution in [3.8, 4) is 0 Å². The highest BCUT2D eigenvalue weighted by Crippen LogP contribution is 2.14. The Bertz CT molecular complexity index is 702.